The average Bonchev–Trinajstić information content (AvgIpc) is 2.34. The molecule has 1 nitrogen and oxygen atoms in total. The number of halogens is 1. The molecule has 0 unspecified atom stereocenters. The van der Waals surface area contributed by atoms with Crippen molar-refractivity contribution in [2.75, 3.05) is 0 Å². The van der Waals surface area contributed by atoms with Gasteiger partial charge in [0.25, 0.3) is 0 Å². The maximum Gasteiger partial charge on any atom is 0.169 e. The first kappa shape index (κ1) is 5.47. The van der Waals surface area contributed by atoms with Crippen molar-refractivity contribution in [3.05, 3.63) is 36.3 Å². The summed E-state index contributed by atoms with van der Waals surface area (Å²) in [6.45, 7) is 0. The van der Waals surface area contributed by atoms with E-state index in [4.69, 9.17) is 4.42 Å². The third-order valence-electron chi connectivity index (χ3n) is 1.43. The molecule has 50 valence electrons. The molecule has 0 N–H and O–H groups in total. The van der Waals surface area contributed by atoms with E-state index in [9.17, 15) is 4.39 Å². The van der Waals surface area contributed by atoms with Gasteiger partial charge < -0.3 is 4.42 Å². The molecule has 10 heavy (non-hydrogen) atoms. The molecule has 0 spiro atoms. The summed E-state index contributed by atoms with van der Waals surface area (Å²) in [6.07, 6.45) is 1.46. The van der Waals surface area contributed by atoms with Gasteiger partial charge in [-0.05, 0) is 24.3 Å². The Morgan fingerprint density at radius 2 is 2.10 bits per heavy atom. The molecule has 0 saturated heterocycles. The second kappa shape index (κ2) is 1.84. The van der Waals surface area contributed by atoms with Crippen LogP contribution in [0.4, 0.5) is 4.39 Å². The number of rotatable bonds is 0. The summed E-state index contributed by atoms with van der Waals surface area (Å²) >= 11 is 0. The third-order valence-corrected chi connectivity index (χ3v) is 1.43. The van der Waals surface area contributed by atoms with E-state index >= 15 is 0 Å². The highest BCUT2D eigenvalue weighted by atomic mass is 19.1. The SMILES string of the molecule is Fc1ccc2cccoc1-2. The van der Waals surface area contributed by atoms with Gasteiger partial charge in [-0.3, -0.25) is 0 Å². The molecule has 1 aliphatic carbocycles. The smallest absolute Gasteiger partial charge is 0.169 e. The second-order valence-corrected chi connectivity index (χ2v) is 2.08. The lowest BCUT2D eigenvalue weighted by atomic mass is 10.3. The van der Waals surface area contributed by atoms with Gasteiger partial charge in [-0.1, -0.05) is 0 Å². The topological polar surface area (TPSA) is 13.1 Å². The van der Waals surface area contributed by atoms with Crippen LogP contribution < -0.4 is 0 Å². The maximum absolute atomic E-state index is 12.7. The van der Waals surface area contributed by atoms with Gasteiger partial charge in [0.1, 0.15) is 0 Å². The first-order chi connectivity index (χ1) is 4.88. The first-order valence-electron chi connectivity index (χ1n) is 2.99. The molecule has 0 amide bonds. The van der Waals surface area contributed by atoms with E-state index < -0.39 is 0 Å². The van der Waals surface area contributed by atoms with E-state index in [2.05, 4.69) is 0 Å². The summed E-state index contributed by atoms with van der Waals surface area (Å²) in [4.78, 5) is 0. The van der Waals surface area contributed by atoms with E-state index in [1.54, 1.807) is 12.1 Å². The lowest BCUT2D eigenvalue weighted by Crippen LogP contribution is -1.73. The van der Waals surface area contributed by atoms with Crippen molar-refractivity contribution in [1.82, 2.24) is 0 Å². The molecular formula is C8H5FO. The lowest BCUT2D eigenvalue weighted by molar-refractivity contribution is 0.518. The predicted molar refractivity (Wildman–Crippen MR) is 35.3 cm³/mol. The van der Waals surface area contributed by atoms with Crippen LogP contribution in [-0.4, -0.2) is 0 Å². The van der Waals surface area contributed by atoms with Crippen LogP contribution in [0.25, 0.3) is 11.3 Å². The summed E-state index contributed by atoms with van der Waals surface area (Å²) in [6, 6.07) is 6.63. The third kappa shape index (κ3) is 0.620. The Morgan fingerprint density at radius 1 is 1.20 bits per heavy atom. The van der Waals surface area contributed by atoms with Crippen molar-refractivity contribution in [3.63, 3.8) is 0 Å². The fourth-order valence-electron chi connectivity index (χ4n) is 0.958. The normalized spacial score (nSPS) is 10.5. The summed E-state index contributed by atoms with van der Waals surface area (Å²) in [5.74, 6) is 0.0399. The zero-order valence-electron chi connectivity index (χ0n) is 5.17. The summed E-state index contributed by atoms with van der Waals surface area (Å²) in [7, 11) is 0. The molecule has 0 saturated carbocycles. The minimum atomic E-state index is -0.296. The molecule has 1 aliphatic heterocycles. The highest BCUT2D eigenvalue weighted by Gasteiger charge is 2.09. The van der Waals surface area contributed by atoms with Gasteiger partial charge in [0.05, 0.1) is 6.26 Å². The predicted octanol–water partition coefficient (Wildman–Crippen LogP) is 2.52. The molecule has 0 aromatic rings. The van der Waals surface area contributed by atoms with Crippen LogP contribution in [0, 0.1) is 5.82 Å². The van der Waals surface area contributed by atoms with Gasteiger partial charge in [-0.2, -0.15) is 0 Å². The Hall–Kier alpha value is -1.31. The van der Waals surface area contributed by atoms with E-state index in [0.717, 1.165) is 5.56 Å². The van der Waals surface area contributed by atoms with E-state index in [1.165, 1.54) is 12.3 Å². The van der Waals surface area contributed by atoms with Crippen molar-refractivity contribution < 1.29 is 8.81 Å². The molecule has 2 rings (SSSR count). The minimum absolute atomic E-state index is 0.296. The standard InChI is InChI=1S/C8H5FO/c9-7-4-3-6-2-1-5-10-8(6)7/h1-5H. The van der Waals surface area contributed by atoms with Crippen molar-refractivity contribution in [2.24, 2.45) is 0 Å². The fraction of sp³-hybridized carbons (Fsp3) is 0. The zero-order valence-corrected chi connectivity index (χ0v) is 5.17. The van der Waals surface area contributed by atoms with E-state index in [-0.39, 0.29) is 5.82 Å². The highest BCUT2D eigenvalue weighted by molar-refractivity contribution is 5.60. The molecule has 1 heterocycles. The fourth-order valence-corrected chi connectivity index (χ4v) is 0.958. The van der Waals surface area contributed by atoms with Crippen LogP contribution in [0.15, 0.2) is 34.9 Å². The quantitative estimate of drug-likeness (QED) is 0.542. The molecular weight excluding hydrogens is 131 g/mol. The van der Waals surface area contributed by atoms with Crippen LogP contribution in [0.2, 0.25) is 0 Å². The van der Waals surface area contributed by atoms with E-state index in [1.807, 2.05) is 6.07 Å². The Labute approximate surface area is 57.4 Å². The average molecular weight is 136 g/mol. The van der Waals surface area contributed by atoms with Gasteiger partial charge in [0.15, 0.2) is 11.6 Å². The first-order valence-corrected chi connectivity index (χ1v) is 2.99. The molecule has 2 heteroatoms. The number of hydrogen-bond donors (Lipinski definition) is 0. The van der Waals surface area contributed by atoms with Gasteiger partial charge >= 0.3 is 0 Å². The Kier molecular flexibility index (Phi) is 1.01. The van der Waals surface area contributed by atoms with Crippen molar-refractivity contribution in [3.8, 4) is 11.3 Å². The molecule has 0 bridgehead atoms. The van der Waals surface area contributed by atoms with Crippen LogP contribution in [-0.2, 0) is 0 Å². The van der Waals surface area contributed by atoms with Gasteiger partial charge in [-0.15, -0.1) is 0 Å². The molecule has 0 aromatic heterocycles. The van der Waals surface area contributed by atoms with Crippen LogP contribution in [0.3, 0.4) is 0 Å². The molecule has 2 aliphatic rings. The van der Waals surface area contributed by atoms with Gasteiger partial charge in [-0.25, -0.2) is 4.39 Å². The van der Waals surface area contributed by atoms with Gasteiger partial charge in [0, 0.05) is 5.56 Å². The molecule has 0 atom stereocenters. The van der Waals surface area contributed by atoms with Crippen molar-refractivity contribution in [2.45, 2.75) is 0 Å². The molecule has 0 aromatic carbocycles. The second-order valence-electron chi connectivity index (χ2n) is 2.08. The largest absolute Gasteiger partial charge is 0.461 e. The Balaban J connectivity index is 2.78. The summed E-state index contributed by atoms with van der Waals surface area (Å²) in [5.41, 5.74) is 0.806. The van der Waals surface area contributed by atoms with Crippen molar-refractivity contribution in [1.29, 1.82) is 0 Å². The van der Waals surface area contributed by atoms with Crippen LogP contribution in [0.1, 0.15) is 0 Å². The number of fused-ring (bicyclic) bond motifs is 1. The van der Waals surface area contributed by atoms with Crippen LogP contribution >= 0.6 is 0 Å². The molecule has 0 fully saturated rings. The monoisotopic (exact) mass is 136 g/mol. The molecule has 0 radical (unpaired) electrons. The van der Waals surface area contributed by atoms with E-state index in [0.29, 0.717) is 5.76 Å². The zero-order chi connectivity index (χ0) is 6.97. The summed E-state index contributed by atoms with van der Waals surface area (Å²) in [5, 5.41) is 0. The Bertz CT molecular complexity index is 313. The van der Waals surface area contributed by atoms with Crippen molar-refractivity contribution >= 4 is 0 Å². The lowest BCUT2D eigenvalue weighted by Gasteiger charge is -1.93. The Morgan fingerprint density at radius 3 is 2.90 bits per heavy atom. The maximum atomic E-state index is 12.7. The number of hydrogen-bond acceptors (Lipinski definition) is 1. The summed E-state index contributed by atoms with van der Waals surface area (Å²) < 4.78 is 17.6. The van der Waals surface area contributed by atoms with Gasteiger partial charge in [0.2, 0.25) is 0 Å². The minimum Gasteiger partial charge on any atom is -0.461 e. The highest BCUT2D eigenvalue weighted by Crippen LogP contribution is 2.25. The van der Waals surface area contributed by atoms with Crippen LogP contribution in [0.5, 0.6) is 0 Å².